The van der Waals surface area contributed by atoms with Crippen LogP contribution >= 0.6 is 22.9 Å². The molecule has 0 aliphatic rings. The third-order valence-electron chi connectivity index (χ3n) is 3.86. The molecule has 4 rings (SSSR count). The van der Waals surface area contributed by atoms with Crippen LogP contribution in [0, 0.1) is 0 Å². The van der Waals surface area contributed by atoms with Gasteiger partial charge in [0.2, 0.25) is 0 Å². The van der Waals surface area contributed by atoms with Crippen molar-refractivity contribution in [3.63, 3.8) is 0 Å². The molecule has 134 valence electrons. The van der Waals surface area contributed by atoms with E-state index in [1.165, 1.54) is 11.3 Å². The average molecular weight is 396 g/mol. The van der Waals surface area contributed by atoms with Gasteiger partial charge in [0.15, 0.2) is 5.15 Å². The Bertz CT molecular complexity index is 1050. The van der Waals surface area contributed by atoms with Crippen molar-refractivity contribution < 1.29 is 4.79 Å². The lowest BCUT2D eigenvalue weighted by molar-refractivity contribution is 0.0955. The minimum Gasteiger partial charge on any atom is -0.347 e. The Balaban J connectivity index is 1.43. The summed E-state index contributed by atoms with van der Waals surface area (Å²) >= 11 is 7.41. The van der Waals surface area contributed by atoms with E-state index in [1.54, 1.807) is 23.3 Å². The molecule has 0 saturated heterocycles. The molecule has 0 aliphatic carbocycles. The Morgan fingerprint density at radius 3 is 2.70 bits per heavy atom. The highest BCUT2D eigenvalue weighted by molar-refractivity contribution is 7.17. The molecule has 0 aliphatic heterocycles. The smallest absolute Gasteiger partial charge is 0.264 e. The van der Waals surface area contributed by atoms with E-state index >= 15 is 0 Å². The van der Waals surface area contributed by atoms with Gasteiger partial charge >= 0.3 is 0 Å². The van der Waals surface area contributed by atoms with E-state index in [1.807, 2.05) is 48.7 Å². The Morgan fingerprint density at radius 1 is 1.15 bits per heavy atom. The third kappa shape index (κ3) is 3.89. The Hall–Kier alpha value is -3.03. The molecular formula is C19H14ClN5OS. The largest absolute Gasteiger partial charge is 0.347 e. The van der Waals surface area contributed by atoms with Crippen molar-refractivity contribution >= 4 is 28.8 Å². The second-order valence-corrected chi connectivity index (χ2v) is 7.04. The predicted octanol–water partition coefficient (Wildman–Crippen LogP) is 3.97. The Labute approximate surface area is 164 Å². The van der Waals surface area contributed by atoms with Gasteiger partial charge in [-0.2, -0.15) is 5.10 Å². The van der Waals surface area contributed by atoms with Crippen LogP contribution in [0.2, 0.25) is 5.15 Å². The Kier molecular flexibility index (Phi) is 4.95. The third-order valence-corrected chi connectivity index (χ3v) is 5.35. The van der Waals surface area contributed by atoms with Gasteiger partial charge in [0, 0.05) is 36.9 Å². The van der Waals surface area contributed by atoms with E-state index in [0.29, 0.717) is 16.4 Å². The van der Waals surface area contributed by atoms with Gasteiger partial charge in [-0.05, 0) is 35.9 Å². The first-order chi connectivity index (χ1) is 13.2. The van der Waals surface area contributed by atoms with Gasteiger partial charge in [-0.1, -0.05) is 23.7 Å². The number of aromatic nitrogens is 4. The van der Waals surface area contributed by atoms with Crippen LogP contribution in [-0.4, -0.2) is 25.7 Å². The van der Waals surface area contributed by atoms with Gasteiger partial charge in [-0.25, -0.2) is 9.67 Å². The number of pyridine rings is 1. The second-order valence-electron chi connectivity index (χ2n) is 5.68. The zero-order chi connectivity index (χ0) is 18.6. The molecule has 0 fully saturated rings. The molecule has 0 saturated carbocycles. The number of benzene rings is 1. The van der Waals surface area contributed by atoms with E-state index in [-0.39, 0.29) is 11.1 Å². The fourth-order valence-corrected chi connectivity index (χ4v) is 3.70. The molecule has 27 heavy (non-hydrogen) atoms. The maximum atomic E-state index is 12.5. The number of hydrogen-bond donors (Lipinski definition) is 1. The maximum absolute atomic E-state index is 12.5. The molecule has 0 atom stereocenters. The standard InChI is InChI=1S/C19H14ClN5OS/c20-17-16(27-19(24-17)14-3-1-8-21-12-14)18(26)22-11-13-4-6-15(7-5-13)25-10-2-9-23-25/h1-10,12H,11H2,(H,22,26). The number of carbonyl (C=O) groups excluding carboxylic acids is 1. The average Bonchev–Trinajstić information content (AvgIpc) is 3.37. The number of nitrogens with one attached hydrogen (secondary N) is 1. The number of hydrogen-bond acceptors (Lipinski definition) is 5. The number of rotatable bonds is 5. The fraction of sp³-hybridized carbons (Fsp3) is 0.0526. The minimum atomic E-state index is -0.246. The number of thiazole rings is 1. The molecule has 6 nitrogen and oxygen atoms in total. The molecule has 3 heterocycles. The number of halogens is 1. The molecule has 4 aromatic rings. The van der Waals surface area contributed by atoms with Crippen molar-refractivity contribution in [2.24, 2.45) is 0 Å². The van der Waals surface area contributed by atoms with Gasteiger partial charge in [0.05, 0.1) is 5.69 Å². The minimum absolute atomic E-state index is 0.199. The van der Waals surface area contributed by atoms with Crippen LogP contribution in [0.5, 0.6) is 0 Å². The van der Waals surface area contributed by atoms with Crippen molar-refractivity contribution in [2.75, 3.05) is 0 Å². The second kappa shape index (κ2) is 7.69. The summed E-state index contributed by atoms with van der Waals surface area (Å²) < 4.78 is 1.78. The number of amides is 1. The summed E-state index contributed by atoms with van der Waals surface area (Å²) in [5.74, 6) is -0.246. The molecule has 0 unspecified atom stereocenters. The molecule has 1 aromatic carbocycles. The van der Waals surface area contributed by atoms with E-state index in [2.05, 4.69) is 20.4 Å². The molecule has 0 bridgehead atoms. The van der Waals surface area contributed by atoms with Crippen LogP contribution < -0.4 is 5.32 Å². The molecular weight excluding hydrogens is 382 g/mol. The summed E-state index contributed by atoms with van der Waals surface area (Å²) in [5.41, 5.74) is 2.77. The highest BCUT2D eigenvalue weighted by Gasteiger charge is 2.17. The van der Waals surface area contributed by atoms with Gasteiger partial charge in [0.25, 0.3) is 5.91 Å². The van der Waals surface area contributed by atoms with Crippen molar-refractivity contribution in [2.45, 2.75) is 6.54 Å². The number of carbonyl (C=O) groups is 1. The normalized spacial score (nSPS) is 10.7. The zero-order valence-electron chi connectivity index (χ0n) is 14.0. The topological polar surface area (TPSA) is 72.7 Å². The lowest BCUT2D eigenvalue weighted by Crippen LogP contribution is -2.22. The Morgan fingerprint density at radius 2 is 2.00 bits per heavy atom. The molecule has 1 amide bonds. The van der Waals surface area contributed by atoms with Crippen LogP contribution in [0.15, 0.2) is 67.3 Å². The summed E-state index contributed by atoms with van der Waals surface area (Å²) in [6, 6.07) is 13.4. The predicted molar refractivity (Wildman–Crippen MR) is 105 cm³/mol. The highest BCUT2D eigenvalue weighted by Crippen LogP contribution is 2.30. The molecule has 0 radical (unpaired) electrons. The van der Waals surface area contributed by atoms with E-state index in [0.717, 1.165) is 16.8 Å². The first kappa shape index (κ1) is 17.4. The summed E-state index contributed by atoms with van der Waals surface area (Å²) in [4.78, 5) is 21.2. The summed E-state index contributed by atoms with van der Waals surface area (Å²) in [5, 5.41) is 7.94. The van der Waals surface area contributed by atoms with Crippen molar-refractivity contribution in [1.82, 2.24) is 25.1 Å². The van der Waals surface area contributed by atoms with E-state index < -0.39 is 0 Å². The molecule has 0 spiro atoms. The number of nitrogens with zero attached hydrogens (tertiary/aromatic N) is 4. The van der Waals surface area contributed by atoms with Gasteiger partial charge in [0.1, 0.15) is 9.88 Å². The lowest BCUT2D eigenvalue weighted by Gasteiger charge is -2.06. The summed E-state index contributed by atoms with van der Waals surface area (Å²) in [7, 11) is 0. The van der Waals surface area contributed by atoms with Crippen molar-refractivity contribution in [3.05, 3.63) is 82.8 Å². The lowest BCUT2D eigenvalue weighted by atomic mass is 10.2. The van der Waals surface area contributed by atoms with Gasteiger partial charge in [-0.3, -0.25) is 9.78 Å². The van der Waals surface area contributed by atoms with Crippen LogP contribution in [0.3, 0.4) is 0 Å². The maximum Gasteiger partial charge on any atom is 0.264 e. The first-order valence-corrected chi connectivity index (χ1v) is 9.34. The van der Waals surface area contributed by atoms with Crippen molar-refractivity contribution in [3.8, 4) is 16.3 Å². The van der Waals surface area contributed by atoms with E-state index in [4.69, 9.17) is 11.6 Å². The van der Waals surface area contributed by atoms with Crippen LogP contribution in [0.1, 0.15) is 15.2 Å². The zero-order valence-corrected chi connectivity index (χ0v) is 15.6. The molecule has 3 aromatic heterocycles. The van der Waals surface area contributed by atoms with Crippen LogP contribution in [-0.2, 0) is 6.54 Å². The monoisotopic (exact) mass is 395 g/mol. The quantitative estimate of drug-likeness (QED) is 0.554. The fourth-order valence-electron chi connectivity index (χ4n) is 2.51. The van der Waals surface area contributed by atoms with Crippen molar-refractivity contribution in [1.29, 1.82) is 0 Å². The highest BCUT2D eigenvalue weighted by atomic mass is 35.5. The van der Waals surface area contributed by atoms with Gasteiger partial charge < -0.3 is 5.32 Å². The van der Waals surface area contributed by atoms with Crippen LogP contribution in [0.25, 0.3) is 16.3 Å². The van der Waals surface area contributed by atoms with Gasteiger partial charge in [-0.15, -0.1) is 11.3 Å². The molecule has 1 N–H and O–H groups in total. The first-order valence-electron chi connectivity index (χ1n) is 8.14. The summed E-state index contributed by atoms with van der Waals surface area (Å²) in [6.45, 7) is 0.397. The SMILES string of the molecule is O=C(NCc1ccc(-n2cccn2)cc1)c1sc(-c2cccnc2)nc1Cl. The molecule has 8 heteroatoms. The summed E-state index contributed by atoms with van der Waals surface area (Å²) in [6.07, 6.45) is 6.98. The van der Waals surface area contributed by atoms with Crippen LogP contribution in [0.4, 0.5) is 0 Å². The van der Waals surface area contributed by atoms with E-state index in [9.17, 15) is 4.79 Å².